The summed E-state index contributed by atoms with van der Waals surface area (Å²) in [5.41, 5.74) is 5.58. The maximum absolute atomic E-state index is 12.3. The number of carbonyl (C=O) groups excluding carboxylic acids is 1. The predicted molar refractivity (Wildman–Crippen MR) is 123 cm³/mol. The lowest BCUT2D eigenvalue weighted by atomic mass is 10.1. The van der Waals surface area contributed by atoms with Crippen molar-refractivity contribution in [2.75, 3.05) is 12.4 Å². The number of hydrazone groups is 1. The van der Waals surface area contributed by atoms with Crippen LogP contribution in [0.3, 0.4) is 0 Å². The van der Waals surface area contributed by atoms with Crippen LogP contribution in [0.15, 0.2) is 75.6 Å². The number of hydrogen-bond acceptors (Lipinski definition) is 7. The van der Waals surface area contributed by atoms with E-state index in [0.717, 1.165) is 22.1 Å². The molecule has 2 aromatic heterocycles. The Labute approximate surface area is 187 Å². The van der Waals surface area contributed by atoms with E-state index in [2.05, 4.69) is 20.8 Å². The fourth-order valence-electron chi connectivity index (χ4n) is 2.65. The zero-order valence-electron chi connectivity index (χ0n) is 16.3. The van der Waals surface area contributed by atoms with Crippen LogP contribution >= 0.6 is 22.9 Å². The first-order chi connectivity index (χ1) is 15.1. The molecule has 0 bridgehead atoms. The fraction of sp³-hybridized carbons (Fsp3) is 0.0455. The summed E-state index contributed by atoms with van der Waals surface area (Å²) in [7, 11) is 1.51. The average Bonchev–Trinajstić information content (AvgIpc) is 3.45. The Morgan fingerprint density at radius 1 is 1.13 bits per heavy atom. The second-order valence-electron chi connectivity index (χ2n) is 6.31. The maximum atomic E-state index is 12.3. The Balaban J connectivity index is 1.37. The van der Waals surface area contributed by atoms with Crippen LogP contribution in [0.5, 0.6) is 5.95 Å². The van der Waals surface area contributed by atoms with E-state index < -0.39 is 0 Å². The van der Waals surface area contributed by atoms with Gasteiger partial charge in [-0.15, -0.1) is 11.3 Å². The van der Waals surface area contributed by atoms with Gasteiger partial charge in [-0.1, -0.05) is 23.7 Å². The summed E-state index contributed by atoms with van der Waals surface area (Å²) in [6, 6.07) is 17.9. The zero-order chi connectivity index (χ0) is 21.6. The fourth-order valence-corrected chi connectivity index (χ4v) is 3.51. The van der Waals surface area contributed by atoms with E-state index in [9.17, 15) is 4.79 Å². The molecule has 0 fully saturated rings. The lowest BCUT2D eigenvalue weighted by Crippen LogP contribution is -2.17. The van der Waals surface area contributed by atoms with Crippen LogP contribution in [-0.2, 0) is 0 Å². The minimum Gasteiger partial charge on any atom is -0.468 e. The molecule has 0 atom stereocenters. The molecule has 4 rings (SSSR count). The minimum atomic E-state index is -0.329. The summed E-state index contributed by atoms with van der Waals surface area (Å²) < 4.78 is 10.2. The highest BCUT2D eigenvalue weighted by Crippen LogP contribution is 2.27. The van der Waals surface area contributed by atoms with Crippen molar-refractivity contribution in [2.45, 2.75) is 0 Å². The predicted octanol–water partition coefficient (Wildman–Crippen LogP) is 5.57. The second-order valence-corrected chi connectivity index (χ2v) is 7.60. The number of halogens is 1. The highest BCUT2D eigenvalue weighted by atomic mass is 35.5. The van der Waals surface area contributed by atoms with Gasteiger partial charge in [0.25, 0.3) is 11.9 Å². The van der Waals surface area contributed by atoms with Gasteiger partial charge in [0.15, 0.2) is 10.9 Å². The zero-order valence-corrected chi connectivity index (χ0v) is 17.9. The molecule has 2 N–H and O–H groups in total. The molecule has 9 heteroatoms. The first kappa shape index (κ1) is 20.6. The van der Waals surface area contributed by atoms with Gasteiger partial charge in [0.05, 0.1) is 19.0 Å². The number of anilines is 2. The van der Waals surface area contributed by atoms with E-state index in [0.29, 0.717) is 22.3 Å². The number of nitrogens with zero attached hydrogens (tertiary/aromatic N) is 2. The van der Waals surface area contributed by atoms with Gasteiger partial charge in [-0.2, -0.15) is 5.10 Å². The molecule has 7 nitrogen and oxygen atoms in total. The van der Waals surface area contributed by atoms with Crippen LogP contribution in [0.1, 0.15) is 16.1 Å². The normalized spacial score (nSPS) is 10.9. The van der Waals surface area contributed by atoms with Crippen LogP contribution in [-0.4, -0.2) is 24.2 Å². The molecule has 1 amide bonds. The van der Waals surface area contributed by atoms with Crippen molar-refractivity contribution >= 4 is 45.9 Å². The number of benzene rings is 2. The molecule has 0 saturated heterocycles. The topological polar surface area (TPSA) is 88.8 Å². The first-order valence-corrected chi connectivity index (χ1v) is 10.4. The summed E-state index contributed by atoms with van der Waals surface area (Å²) in [5, 5.41) is 10.5. The minimum absolute atomic E-state index is 0.329. The number of nitrogens with one attached hydrogen (secondary N) is 2. The Morgan fingerprint density at radius 3 is 2.61 bits per heavy atom. The Kier molecular flexibility index (Phi) is 6.30. The molecule has 0 unspecified atom stereocenters. The third-order valence-electron chi connectivity index (χ3n) is 4.20. The van der Waals surface area contributed by atoms with E-state index in [1.807, 2.05) is 41.8 Å². The summed E-state index contributed by atoms with van der Waals surface area (Å²) >= 11 is 7.41. The summed E-state index contributed by atoms with van der Waals surface area (Å²) in [4.78, 5) is 16.9. The number of amides is 1. The molecule has 31 heavy (non-hydrogen) atoms. The molecule has 2 heterocycles. The third kappa shape index (κ3) is 5.30. The van der Waals surface area contributed by atoms with Crippen molar-refractivity contribution in [3.63, 3.8) is 0 Å². The van der Waals surface area contributed by atoms with Gasteiger partial charge in [0, 0.05) is 33.3 Å². The smallest absolute Gasteiger partial charge is 0.284 e. The average molecular weight is 453 g/mol. The summed E-state index contributed by atoms with van der Waals surface area (Å²) in [6.45, 7) is 0. The van der Waals surface area contributed by atoms with E-state index >= 15 is 0 Å². The van der Waals surface area contributed by atoms with E-state index in [1.54, 1.807) is 24.3 Å². The number of furan rings is 1. The number of ether oxygens (including phenoxy) is 1. The lowest BCUT2D eigenvalue weighted by molar-refractivity contribution is 0.0955. The van der Waals surface area contributed by atoms with Gasteiger partial charge < -0.3 is 14.5 Å². The van der Waals surface area contributed by atoms with Crippen LogP contribution in [0, 0.1) is 0 Å². The van der Waals surface area contributed by atoms with E-state index in [1.165, 1.54) is 24.7 Å². The van der Waals surface area contributed by atoms with Gasteiger partial charge in [0.2, 0.25) is 0 Å². The number of carbonyl (C=O) groups is 1. The molecule has 0 radical (unpaired) electrons. The van der Waals surface area contributed by atoms with Crippen LogP contribution in [0.2, 0.25) is 5.02 Å². The van der Waals surface area contributed by atoms with Crippen molar-refractivity contribution in [3.8, 4) is 17.2 Å². The van der Waals surface area contributed by atoms with Crippen molar-refractivity contribution < 1.29 is 13.9 Å². The van der Waals surface area contributed by atoms with Crippen molar-refractivity contribution in [2.24, 2.45) is 5.10 Å². The largest absolute Gasteiger partial charge is 0.468 e. The van der Waals surface area contributed by atoms with Gasteiger partial charge in [0.1, 0.15) is 0 Å². The van der Waals surface area contributed by atoms with Crippen LogP contribution in [0.4, 0.5) is 10.8 Å². The number of methoxy groups -OCH3 is 1. The van der Waals surface area contributed by atoms with Crippen molar-refractivity contribution in [1.29, 1.82) is 0 Å². The highest BCUT2D eigenvalue weighted by molar-refractivity contribution is 7.14. The van der Waals surface area contributed by atoms with E-state index in [4.69, 9.17) is 20.8 Å². The van der Waals surface area contributed by atoms with Gasteiger partial charge >= 0.3 is 0 Å². The number of aromatic nitrogens is 1. The quantitative estimate of drug-likeness (QED) is 0.282. The molecule has 156 valence electrons. The SMILES string of the molecule is COc1ccc(/C=N\NC(=O)c2ccc(-c3csc(Nc4ccc(Cl)cc4)n3)cc2)o1. The van der Waals surface area contributed by atoms with E-state index in [-0.39, 0.29) is 5.91 Å². The number of hydrogen-bond donors (Lipinski definition) is 2. The first-order valence-electron chi connectivity index (χ1n) is 9.16. The van der Waals surface area contributed by atoms with Gasteiger partial charge in [-0.3, -0.25) is 4.79 Å². The molecular weight excluding hydrogens is 436 g/mol. The molecule has 4 aromatic rings. The Hall–Kier alpha value is -3.62. The van der Waals surface area contributed by atoms with Gasteiger partial charge in [-0.05, 0) is 42.5 Å². The van der Waals surface area contributed by atoms with Gasteiger partial charge in [-0.25, -0.2) is 10.4 Å². The highest BCUT2D eigenvalue weighted by Gasteiger charge is 2.08. The second kappa shape index (κ2) is 9.46. The van der Waals surface area contributed by atoms with Crippen LogP contribution < -0.4 is 15.5 Å². The molecular formula is C22H17ClN4O3S. The van der Waals surface area contributed by atoms with Crippen molar-refractivity contribution in [1.82, 2.24) is 10.4 Å². The summed E-state index contributed by atoms with van der Waals surface area (Å²) in [5.74, 6) is 0.515. The molecule has 0 aliphatic carbocycles. The lowest BCUT2D eigenvalue weighted by Gasteiger charge is -2.03. The number of thiazole rings is 1. The molecule has 0 aliphatic heterocycles. The number of rotatable bonds is 7. The molecule has 0 spiro atoms. The Bertz CT molecular complexity index is 1200. The molecule has 0 aliphatic rings. The molecule has 2 aromatic carbocycles. The third-order valence-corrected chi connectivity index (χ3v) is 5.21. The maximum Gasteiger partial charge on any atom is 0.284 e. The summed E-state index contributed by atoms with van der Waals surface area (Å²) in [6.07, 6.45) is 1.40. The standard InChI is InChI=1S/C22H17ClN4O3S/c1-29-20-11-10-18(30-20)12-24-27-21(28)15-4-2-14(3-5-15)19-13-31-22(26-19)25-17-8-6-16(23)7-9-17/h2-13H,1H3,(H,25,26)(H,27,28)/b24-12-. The van der Waals surface area contributed by atoms with Crippen molar-refractivity contribution in [3.05, 3.63) is 82.4 Å². The molecule has 0 saturated carbocycles. The Morgan fingerprint density at radius 2 is 1.90 bits per heavy atom. The monoisotopic (exact) mass is 452 g/mol. The van der Waals surface area contributed by atoms with Crippen LogP contribution in [0.25, 0.3) is 11.3 Å².